The van der Waals surface area contributed by atoms with Crippen molar-refractivity contribution in [1.29, 1.82) is 0 Å². The van der Waals surface area contributed by atoms with Crippen LogP contribution < -0.4 is 10.2 Å². The van der Waals surface area contributed by atoms with E-state index in [-0.39, 0.29) is 24.3 Å². The minimum atomic E-state index is -0.779. The minimum absolute atomic E-state index is 0.00143. The van der Waals surface area contributed by atoms with Gasteiger partial charge in [-0.2, -0.15) is 0 Å². The van der Waals surface area contributed by atoms with Gasteiger partial charge in [-0.1, -0.05) is 43.3 Å². The number of piperidine rings is 1. The topological polar surface area (TPSA) is 85.8 Å². The van der Waals surface area contributed by atoms with Crippen LogP contribution in [0.25, 0.3) is 0 Å². The van der Waals surface area contributed by atoms with Crippen molar-refractivity contribution in [2.75, 3.05) is 37.7 Å². The monoisotopic (exact) mass is 525 g/mol. The number of para-hydroxylation sites is 1. The molecule has 1 aromatic heterocycles. The average Bonchev–Trinajstić information content (AvgIpc) is 3.24. The number of hydrogen-bond acceptors (Lipinski definition) is 5. The van der Waals surface area contributed by atoms with Crippen molar-refractivity contribution < 1.29 is 14.4 Å². The van der Waals surface area contributed by atoms with Gasteiger partial charge in [0, 0.05) is 49.2 Å². The molecule has 5 rings (SSSR count). The normalized spacial score (nSPS) is 16.5. The summed E-state index contributed by atoms with van der Waals surface area (Å²) < 4.78 is 0. The fourth-order valence-electron chi connectivity index (χ4n) is 5.57. The smallest absolute Gasteiger partial charge is 0.253 e. The van der Waals surface area contributed by atoms with E-state index in [4.69, 9.17) is 0 Å². The Labute approximate surface area is 229 Å². The number of aryl methyl sites for hydroxylation is 1. The Bertz CT molecular complexity index is 1290. The number of amides is 3. The number of likely N-dealkylation sites (tertiary alicyclic amines) is 1. The lowest BCUT2D eigenvalue weighted by Gasteiger charge is -2.43. The van der Waals surface area contributed by atoms with E-state index in [2.05, 4.69) is 22.1 Å². The van der Waals surface area contributed by atoms with E-state index < -0.39 is 5.54 Å². The Morgan fingerprint density at radius 1 is 0.949 bits per heavy atom. The molecule has 2 fully saturated rings. The van der Waals surface area contributed by atoms with Crippen LogP contribution in [-0.2, 0) is 22.4 Å². The fourth-order valence-corrected chi connectivity index (χ4v) is 5.57. The first-order chi connectivity index (χ1) is 19.0. The van der Waals surface area contributed by atoms with E-state index in [1.807, 2.05) is 77.7 Å². The molecule has 8 heteroatoms. The van der Waals surface area contributed by atoms with Gasteiger partial charge in [0.15, 0.2) is 0 Å². The molecule has 202 valence electrons. The number of pyridine rings is 1. The van der Waals surface area contributed by atoms with Crippen LogP contribution in [-0.4, -0.2) is 70.9 Å². The molecule has 2 saturated heterocycles. The third-order valence-electron chi connectivity index (χ3n) is 7.83. The Hall–Kier alpha value is -4.20. The van der Waals surface area contributed by atoms with Crippen molar-refractivity contribution in [3.8, 4) is 0 Å². The third kappa shape index (κ3) is 5.65. The van der Waals surface area contributed by atoms with Crippen LogP contribution in [0, 0.1) is 0 Å². The highest BCUT2D eigenvalue weighted by Crippen LogP contribution is 2.39. The van der Waals surface area contributed by atoms with Gasteiger partial charge in [-0.25, -0.2) is 0 Å². The summed E-state index contributed by atoms with van der Waals surface area (Å²) in [7, 11) is 0. The van der Waals surface area contributed by atoms with E-state index in [9.17, 15) is 14.4 Å². The highest BCUT2D eigenvalue weighted by atomic mass is 16.2. The van der Waals surface area contributed by atoms with E-state index in [1.165, 1.54) is 5.56 Å². The largest absolute Gasteiger partial charge is 0.354 e. The second-order valence-corrected chi connectivity index (χ2v) is 10.2. The molecule has 3 amide bonds. The molecule has 3 aromatic rings. The lowest BCUT2D eigenvalue weighted by molar-refractivity contribution is -0.137. The fraction of sp³-hybridized carbons (Fsp3) is 0.355. The van der Waals surface area contributed by atoms with E-state index >= 15 is 0 Å². The van der Waals surface area contributed by atoms with E-state index in [0.717, 1.165) is 17.8 Å². The second kappa shape index (κ2) is 11.7. The van der Waals surface area contributed by atoms with Gasteiger partial charge in [0.05, 0.1) is 6.67 Å². The van der Waals surface area contributed by atoms with Crippen molar-refractivity contribution >= 4 is 23.4 Å². The molecule has 8 nitrogen and oxygen atoms in total. The first-order valence-electron chi connectivity index (χ1n) is 13.7. The molecule has 1 N–H and O–H groups in total. The van der Waals surface area contributed by atoms with Crippen molar-refractivity contribution in [3.05, 3.63) is 95.8 Å². The summed E-state index contributed by atoms with van der Waals surface area (Å²) in [6.07, 6.45) is 4.32. The maximum atomic E-state index is 13.9. The number of nitrogens with one attached hydrogen (secondary N) is 1. The van der Waals surface area contributed by atoms with E-state index in [0.29, 0.717) is 51.1 Å². The van der Waals surface area contributed by atoms with Crippen LogP contribution in [0.15, 0.2) is 79.0 Å². The zero-order valence-corrected chi connectivity index (χ0v) is 22.4. The molecule has 0 saturated carbocycles. The predicted molar refractivity (Wildman–Crippen MR) is 150 cm³/mol. The summed E-state index contributed by atoms with van der Waals surface area (Å²) >= 11 is 0. The molecule has 39 heavy (non-hydrogen) atoms. The number of rotatable bonds is 8. The molecule has 0 radical (unpaired) electrons. The van der Waals surface area contributed by atoms with Gasteiger partial charge in [0.1, 0.15) is 12.1 Å². The number of hydrogen-bond donors (Lipinski definition) is 1. The van der Waals surface area contributed by atoms with Crippen LogP contribution in [0.4, 0.5) is 5.69 Å². The molecule has 0 unspecified atom stereocenters. The van der Waals surface area contributed by atoms with Gasteiger partial charge >= 0.3 is 0 Å². The number of benzene rings is 2. The van der Waals surface area contributed by atoms with Crippen LogP contribution in [0.3, 0.4) is 0 Å². The maximum absolute atomic E-state index is 13.9. The zero-order chi connectivity index (χ0) is 27.2. The van der Waals surface area contributed by atoms with Gasteiger partial charge in [-0.05, 0) is 61.2 Å². The van der Waals surface area contributed by atoms with Crippen molar-refractivity contribution in [1.82, 2.24) is 20.1 Å². The van der Waals surface area contributed by atoms with Gasteiger partial charge in [-0.15, -0.1) is 0 Å². The molecule has 0 atom stereocenters. The molecule has 2 aromatic carbocycles. The summed E-state index contributed by atoms with van der Waals surface area (Å²) in [5.41, 5.74) is 2.94. The lowest BCUT2D eigenvalue weighted by Crippen LogP contribution is -2.57. The van der Waals surface area contributed by atoms with Crippen LogP contribution in [0.2, 0.25) is 0 Å². The van der Waals surface area contributed by atoms with Crippen LogP contribution >= 0.6 is 0 Å². The van der Waals surface area contributed by atoms with Gasteiger partial charge in [-0.3, -0.25) is 19.4 Å². The molecule has 2 aliphatic heterocycles. The first kappa shape index (κ1) is 26.4. The Morgan fingerprint density at radius 2 is 1.67 bits per heavy atom. The average molecular weight is 526 g/mol. The Morgan fingerprint density at radius 3 is 2.33 bits per heavy atom. The summed E-state index contributed by atoms with van der Waals surface area (Å²) in [6, 6.07) is 23.3. The Balaban J connectivity index is 1.26. The van der Waals surface area contributed by atoms with Crippen LogP contribution in [0.5, 0.6) is 0 Å². The standard InChI is InChI=1S/C31H35N5O3/c1-2-24-11-13-25(14-12-24)29(38)34-20-16-31(17-21-34)30(39)35(23-36(31)27-9-4-3-5-10-27)22-28(37)33-19-15-26-8-6-7-18-32-26/h3-14,18H,2,15-17,19-23H2,1H3,(H,33,37). The predicted octanol–water partition coefficient (Wildman–Crippen LogP) is 3.28. The quantitative estimate of drug-likeness (QED) is 0.488. The Kier molecular flexibility index (Phi) is 7.91. The maximum Gasteiger partial charge on any atom is 0.253 e. The number of aromatic nitrogens is 1. The molecule has 0 bridgehead atoms. The number of anilines is 1. The van der Waals surface area contributed by atoms with Gasteiger partial charge < -0.3 is 20.0 Å². The highest BCUT2D eigenvalue weighted by Gasteiger charge is 2.54. The van der Waals surface area contributed by atoms with Gasteiger partial charge in [0.25, 0.3) is 11.8 Å². The highest BCUT2D eigenvalue weighted by molar-refractivity contribution is 5.97. The van der Waals surface area contributed by atoms with Gasteiger partial charge in [0.2, 0.25) is 5.91 Å². The number of carbonyl (C=O) groups excluding carboxylic acids is 3. The summed E-state index contributed by atoms with van der Waals surface area (Å²) in [5, 5.41) is 2.93. The lowest BCUT2D eigenvalue weighted by atomic mass is 9.85. The van der Waals surface area contributed by atoms with Crippen molar-refractivity contribution in [3.63, 3.8) is 0 Å². The molecular weight excluding hydrogens is 490 g/mol. The second-order valence-electron chi connectivity index (χ2n) is 10.2. The van der Waals surface area contributed by atoms with Crippen LogP contribution in [0.1, 0.15) is 41.4 Å². The third-order valence-corrected chi connectivity index (χ3v) is 7.83. The summed E-state index contributed by atoms with van der Waals surface area (Å²) in [6.45, 7) is 3.84. The number of carbonyl (C=O) groups is 3. The molecule has 1 spiro atoms. The molecule has 0 aliphatic carbocycles. The SMILES string of the molecule is CCc1ccc(C(=O)N2CCC3(CC2)C(=O)N(CC(=O)NCCc2ccccn2)CN3c2ccccc2)cc1. The summed E-state index contributed by atoms with van der Waals surface area (Å²) in [5.74, 6) is -0.244. The minimum Gasteiger partial charge on any atom is -0.354 e. The van der Waals surface area contributed by atoms with E-state index in [1.54, 1.807) is 11.1 Å². The van der Waals surface area contributed by atoms with Crippen molar-refractivity contribution in [2.45, 2.75) is 38.1 Å². The molecular formula is C31H35N5O3. The summed E-state index contributed by atoms with van der Waals surface area (Å²) in [4.78, 5) is 49.8. The molecule has 2 aliphatic rings. The molecule has 3 heterocycles. The first-order valence-corrected chi connectivity index (χ1v) is 13.7. The number of nitrogens with zero attached hydrogens (tertiary/aromatic N) is 4. The van der Waals surface area contributed by atoms with Crippen molar-refractivity contribution in [2.24, 2.45) is 0 Å². The zero-order valence-electron chi connectivity index (χ0n) is 22.4.